The van der Waals surface area contributed by atoms with Crippen molar-refractivity contribution in [2.75, 3.05) is 26.4 Å². The summed E-state index contributed by atoms with van der Waals surface area (Å²) in [6, 6.07) is 0. The number of carbonyl (C=O) groups excluding carboxylic acids is 1. The predicted molar refractivity (Wildman–Crippen MR) is 46.0 cm³/mol. The highest BCUT2D eigenvalue weighted by Gasteiger charge is 2.50. The number of hydrogen-bond donors (Lipinski definition) is 1. The largest absolute Gasteiger partial charge is 0.381 e. The van der Waals surface area contributed by atoms with E-state index in [0.717, 1.165) is 26.1 Å². The second-order valence-corrected chi connectivity index (χ2v) is 3.90. The van der Waals surface area contributed by atoms with Crippen molar-refractivity contribution in [3.05, 3.63) is 0 Å². The van der Waals surface area contributed by atoms with Gasteiger partial charge in [0.2, 0.25) is 5.91 Å². The van der Waals surface area contributed by atoms with Gasteiger partial charge in [0.1, 0.15) is 0 Å². The van der Waals surface area contributed by atoms with E-state index in [1.54, 1.807) is 0 Å². The molecule has 2 heterocycles. The predicted octanol–water partition coefficient (Wildman–Crippen LogP) is -0.0851. The maximum absolute atomic E-state index is 11.3. The van der Waals surface area contributed by atoms with Crippen LogP contribution >= 0.6 is 0 Å². The van der Waals surface area contributed by atoms with Gasteiger partial charge in [-0.25, -0.2) is 0 Å². The van der Waals surface area contributed by atoms with Crippen molar-refractivity contribution in [2.24, 2.45) is 17.1 Å². The number of nitrogens with two attached hydrogens (primary N) is 1. The van der Waals surface area contributed by atoms with Crippen LogP contribution in [0.2, 0.25) is 0 Å². The molecule has 0 aromatic carbocycles. The van der Waals surface area contributed by atoms with E-state index in [1.807, 2.05) is 0 Å². The zero-order valence-electron chi connectivity index (χ0n) is 7.62. The lowest BCUT2D eigenvalue weighted by molar-refractivity contribution is -0.179. The van der Waals surface area contributed by atoms with Gasteiger partial charge >= 0.3 is 0 Å². The lowest BCUT2D eigenvalue weighted by Gasteiger charge is -2.45. The van der Waals surface area contributed by atoms with Gasteiger partial charge in [-0.05, 0) is 18.8 Å². The molecule has 2 fully saturated rings. The molecule has 0 unspecified atom stereocenters. The summed E-state index contributed by atoms with van der Waals surface area (Å²) in [6.07, 6.45) is 1.87. The summed E-state index contributed by atoms with van der Waals surface area (Å²) in [5, 5.41) is 0. The molecule has 0 saturated carbocycles. The van der Waals surface area contributed by atoms with Crippen LogP contribution in [-0.2, 0) is 14.3 Å². The van der Waals surface area contributed by atoms with Gasteiger partial charge in [-0.3, -0.25) is 4.79 Å². The molecular weight excluding hydrogens is 170 g/mol. The summed E-state index contributed by atoms with van der Waals surface area (Å²) in [5.41, 5.74) is 5.03. The van der Waals surface area contributed by atoms with Crippen molar-refractivity contribution >= 4 is 5.91 Å². The Kier molecular flexibility index (Phi) is 2.26. The van der Waals surface area contributed by atoms with E-state index in [0.29, 0.717) is 19.1 Å². The summed E-state index contributed by atoms with van der Waals surface area (Å²) in [6.45, 7) is 2.51. The number of ether oxygens (including phenoxy) is 2. The number of primary amides is 1. The maximum Gasteiger partial charge on any atom is 0.228 e. The van der Waals surface area contributed by atoms with E-state index < -0.39 is 0 Å². The zero-order valence-corrected chi connectivity index (χ0v) is 7.62. The van der Waals surface area contributed by atoms with E-state index in [9.17, 15) is 4.79 Å². The highest BCUT2D eigenvalue weighted by atomic mass is 16.5. The molecular formula is C9H15NO3. The topological polar surface area (TPSA) is 61.6 Å². The minimum absolute atomic E-state index is 0.203. The molecule has 0 bridgehead atoms. The first-order chi connectivity index (χ1) is 6.26. The van der Waals surface area contributed by atoms with Crippen molar-refractivity contribution in [1.29, 1.82) is 0 Å². The molecule has 0 atom stereocenters. The lowest BCUT2D eigenvalue weighted by Crippen LogP contribution is -2.58. The van der Waals surface area contributed by atoms with Crippen LogP contribution in [0, 0.1) is 11.3 Å². The first kappa shape index (κ1) is 8.97. The smallest absolute Gasteiger partial charge is 0.228 e. The van der Waals surface area contributed by atoms with Crippen molar-refractivity contribution in [2.45, 2.75) is 12.8 Å². The molecule has 0 aliphatic carbocycles. The van der Waals surface area contributed by atoms with Crippen LogP contribution in [0.3, 0.4) is 0 Å². The Morgan fingerprint density at radius 2 is 1.85 bits per heavy atom. The second-order valence-electron chi connectivity index (χ2n) is 3.90. The summed E-state index contributed by atoms with van der Waals surface area (Å²) in [4.78, 5) is 11.3. The van der Waals surface area contributed by atoms with Gasteiger partial charge in [-0.15, -0.1) is 0 Å². The fourth-order valence-electron chi connectivity index (χ4n) is 2.15. The molecule has 4 heteroatoms. The highest BCUT2D eigenvalue weighted by molar-refractivity contribution is 5.82. The zero-order chi connectivity index (χ0) is 9.31. The highest BCUT2D eigenvalue weighted by Crippen LogP contribution is 2.40. The molecule has 1 amide bonds. The van der Waals surface area contributed by atoms with E-state index >= 15 is 0 Å². The monoisotopic (exact) mass is 185 g/mol. The van der Waals surface area contributed by atoms with Crippen molar-refractivity contribution in [3.63, 3.8) is 0 Å². The van der Waals surface area contributed by atoms with Crippen molar-refractivity contribution in [3.8, 4) is 0 Å². The molecule has 2 aliphatic rings. The van der Waals surface area contributed by atoms with E-state index in [-0.39, 0.29) is 11.3 Å². The molecule has 13 heavy (non-hydrogen) atoms. The minimum Gasteiger partial charge on any atom is -0.381 e. The maximum atomic E-state index is 11.3. The molecule has 0 spiro atoms. The summed E-state index contributed by atoms with van der Waals surface area (Å²) < 4.78 is 10.4. The third kappa shape index (κ3) is 1.34. The summed E-state index contributed by atoms with van der Waals surface area (Å²) in [7, 11) is 0. The number of carbonyl (C=O) groups is 1. The van der Waals surface area contributed by atoms with Crippen LogP contribution < -0.4 is 5.73 Å². The van der Waals surface area contributed by atoms with Crippen LogP contribution in [-0.4, -0.2) is 32.3 Å². The number of rotatable bonds is 2. The number of amides is 1. The Morgan fingerprint density at radius 1 is 1.23 bits per heavy atom. The quantitative estimate of drug-likeness (QED) is 0.654. The SMILES string of the molecule is NC(=O)C1(C2CCOCC2)COC1. The van der Waals surface area contributed by atoms with Gasteiger partial charge in [0.15, 0.2) is 0 Å². The van der Waals surface area contributed by atoms with Crippen molar-refractivity contribution < 1.29 is 14.3 Å². The molecule has 4 nitrogen and oxygen atoms in total. The molecule has 2 N–H and O–H groups in total. The van der Waals surface area contributed by atoms with Crippen LogP contribution in [0.5, 0.6) is 0 Å². The van der Waals surface area contributed by atoms with Gasteiger partial charge in [0.25, 0.3) is 0 Å². The van der Waals surface area contributed by atoms with Gasteiger partial charge < -0.3 is 15.2 Å². The molecule has 2 aliphatic heterocycles. The molecule has 0 aromatic rings. The normalized spacial score (nSPS) is 28.0. The first-order valence-corrected chi connectivity index (χ1v) is 4.71. The fraction of sp³-hybridized carbons (Fsp3) is 0.889. The van der Waals surface area contributed by atoms with Gasteiger partial charge in [-0.2, -0.15) is 0 Å². The fourth-order valence-corrected chi connectivity index (χ4v) is 2.15. The van der Waals surface area contributed by atoms with E-state index in [1.165, 1.54) is 0 Å². The van der Waals surface area contributed by atoms with Crippen LogP contribution in [0.15, 0.2) is 0 Å². The summed E-state index contributed by atoms with van der Waals surface area (Å²) >= 11 is 0. The van der Waals surface area contributed by atoms with Gasteiger partial charge in [-0.1, -0.05) is 0 Å². The Morgan fingerprint density at radius 3 is 2.23 bits per heavy atom. The van der Waals surface area contributed by atoms with Crippen molar-refractivity contribution in [1.82, 2.24) is 0 Å². The standard InChI is InChI=1S/C9H15NO3/c10-8(11)9(5-13-6-9)7-1-3-12-4-2-7/h7H,1-6H2,(H2,10,11). The molecule has 2 saturated heterocycles. The Balaban J connectivity index is 2.06. The lowest BCUT2D eigenvalue weighted by atomic mass is 9.69. The van der Waals surface area contributed by atoms with Gasteiger partial charge in [0.05, 0.1) is 18.6 Å². The third-order valence-corrected chi connectivity index (χ3v) is 3.21. The van der Waals surface area contributed by atoms with Crippen LogP contribution in [0.4, 0.5) is 0 Å². The van der Waals surface area contributed by atoms with Crippen LogP contribution in [0.1, 0.15) is 12.8 Å². The second kappa shape index (κ2) is 3.27. The Hall–Kier alpha value is -0.610. The molecule has 2 rings (SSSR count). The van der Waals surface area contributed by atoms with Gasteiger partial charge in [0, 0.05) is 13.2 Å². The summed E-state index contributed by atoms with van der Waals surface area (Å²) in [5.74, 6) is 0.165. The Labute approximate surface area is 77.4 Å². The van der Waals surface area contributed by atoms with E-state index in [4.69, 9.17) is 15.2 Å². The molecule has 0 aromatic heterocycles. The van der Waals surface area contributed by atoms with Crippen LogP contribution in [0.25, 0.3) is 0 Å². The average Bonchev–Trinajstić information content (AvgIpc) is 2.03. The molecule has 74 valence electrons. The average molecular weight is 185 g/mol. The number of hydrogen-bond acceptors (Lipinski definition) is 3. The first-order valence-electron chi connectivity index (χ1n) is 4.71. The Bertz CT molecular complexity index is 207. The third-order valence-electron chi connectivity index (χ3n) is 3.21. The van der Waals surface area contributed by atoms with E-state index in [2.05, 4.69) is 0 Å². The minimum atomic E-state index is -0.371. The molecule has 0 radical (unpaired) electrons.